The fraction of sp³-hybridized carbons (Fsp3) is 0.125. The van der Waals surface area contributed by atoms with Crippen molar-refractivity contribution in [2.45, 2.75) is 6.42 Å². The number of nitrogens with one attached hydrogen (secondary N) is 1. The van der Waals surface area contributed by atoms with Crippen LogP contribution in [0, 0.1) is 5.82 Å². The van der Waals surface area contributed by atoms with Gasteiger partial charge in [-0.1, -0.05) is 27.2 Å². The highest BCUT2D eigenvalue weighted by atomic mass is 79.9. The zero-order valence-electron chi connectivity index (χ0n) is 7.04. The van der Waals surface area contributed by atoms with E-state index in [2.05, 4.69) is 36.6 Å². The molecule has 0 radical (unpaired) electrons. The minimum atomic E-state index is -0.270. The first-order valence-electron chi connectivity index (χ1n) is 3.92. The molecule has 0 fully saturated rings. The average Bonchev–Trinajstić information content (AvgIpc) is 2.62. The summed E-state index contributed by atoms with van der Waals surface area (Å²) in [6, 6.07) is 4.51. The van der Waals surface area contributed by atoms with E-state index in [-0.39, 0.29) is 5.82 Å². The van der Waals surface area contributed by atoms with Crippen molar-refractivity contribution in [3.05, 3.63) is 39.9 Å². The highest BCUT2D eigenvalue weighted by Crippen LogP contribution is 2.19. The van der Waals surface area contributed by atoms with E-state index in [1.54, 1.807) is 6.07 Å². The van der Waals surface area contributed by atoms with E-state index in [9.17, 15) is 4.39 Å². The zero-order chi connectivity index (χ0) is 9.97. The third kappa shape index (κ3) is 1.95. The van der Waals surface area contributed by atoms with Crippen LogP contribution in [-0.2, 0) is 6.42 Å². The molecule has 2 rings (SSSR count). The second-order valence-corrected chi connectivity index (χ2v) is 3.59. The van der Waals surface area contributed by atoms with E-state index in [1.807, 2.05) is 0 Å². The van der Waals surface area contributed by atoms with Gasteiger partial charge >= 0.3 is 0 Å². The second-order valence-electron chi connectivity index (χ2n) is 2.74. The summed E-state index contributed by atoms with van der Waals surface area (Å²) >= 11 is 3.27. The van der Waals surface area contributed by atoms with Gasteiger partial charge in [0.1, 0.15) is 5.82 Å². The molecule has 6 heteroatoms. The molecule has 1 N–H and O–H groups in total. The molecule has 0 aliphatic carbocycles. The summed E-state index contributed by atoms with van der Waals surface area (Å²) in [5.74, 6) is 0.311. The molecule has 0 unspecified atom stereocenters. The van der Waals surface area contributed by atoms with Crippen LogP contribution in [0.3, 0.4) is 0 Å². The number of aromatic nitrogens is 4. The Hall–Kier alpha value is -1.30. The Labute approximate surface area is 87.7 Å². The van der Waals surface area contributed by atoms with E-state index in [0.29, 0.717) is 16.7 Å². The van der Waals surface area contributed by atoms with Gasteiger partial charge in [-0.3, -0.25) is 0 Å². The molecule has 4 nitrogen and oxygen atoms in total. The van der Waals surface area contributed by atoms with Crippen LogP contribution in [0.1, 0.15) is 11.4 Å². The number of tetrazole rings is 1. The number of aromatic amines is 1. The molecular formula is C8H6BrFN4. The van der Waals surface area contributed by atoms with E-state index in [1.165, 1.54) is 12.1 Å². The maximum Gasteiger partial charge on any atom is 0.178 e. The zero-order valence-corrected chi connectivity index (χ0v) is 8.62. The van der Waals surface area contributed by atoms with E-state index in [4.69, 9.17) is 0 Å². The molecule has 0 aliphatic heterocycles. The summed E-state index contributed by atoms with van der Waals surface area (Å²) in [6.07, 6.45) is 0.525. The van der Waals surface area contributed by atoms with Crippen molar-refractivity contribution in [1.82, 2.24) is 20.6 Å². The maximum atomic E-state index is 12.7. The summed E-state index contributed by atoms with van der Waals surface area (Å²) in [5, 5.41) is 13.4. The molecule has 0 aliphatic rings. The topological polar surface area (TPSA) is 54.5 Å². The SMILES string of the molecule is Fc1ccc(Cc2nn[nH]n2)c(Br)c1. The first-order valence-corrected chi connectivity index (χ1v) is 4.71. The van der Waals surface area contributed by atoms with Gasteiger partial charge in [-0.2, -0.15) is 5.21 Å². The van der Waals surface area contributed by atoms with Crippen LogP contribution >= 0.6 is 15.9 Å². The van der Waals surface area contributed by atoms with E-state index in [0.717, 1.165) is 5.56 Å². The van der Waals surface area contributed by atoms with Crippen LogP contribution in [0.25, 0.3) is 0 Å². The molecule has 0 saturated carbocycles. The van der Waals surface area contributed by atoms with Gasteiger partial charge in [0.15, 0.2) is 5.82 Å². The van der Waals surface area contributed by atoms with Crippen molar-refractivity contribution in [3.63, 3.8) is 0 Å². The number of hydrogen-bond acceptors (Lipinski definition) is 3. The number of benzene rings is 1. The Kier molecular flexibility index (Phi) is 2.53. The van der Waals surface area contributed by atoms with Crippen molar-refractivity contribution in [2.24, 2.45) is 0 Å². The van der Waals surface area contributed by atoms with Crippen LogP contribution in [0.15, 0.2) is 22.7 Å². The molecule has 0 saturated heterocycles. The quantitative estimate of drug-likeness (QED) is 0.890. The molecule has 1 aromatic heterocycles. The smallest absolute Gasteiger partial charge is 0.178 e. The lowest BCUT2D eigenvalue weighted by atomic mass is 10.1. The number of halogens is 2. The third-order valence-corrected chi connectivity index (χ3v) is 2.49. The van der Waals surface area contributed by atoms with Gasteiger partial charge in [-0.05, 0) is 17.7 Å². The van der Waals surface area contributed by atoms with Gasteiger partial charge in [0.25, 0.3) is 0 Å². The number of hydrogen-bond donors (Lipinski definition) is 1. The molecule has 1 heterocycles. The largest absolute Gasteiger partial charge is 0.207 e. The van der Waals surface area contributed by atoms with Crippen LogP contribution in [-0.4, -0.2) is 20.6 Å². The lowest BCUT2D eigenvalue weighted by molar-refractivity contribution is 0.626. The van der Waals surface area contributed by atoms with E-state index >= 15 is 0 Å². The van der Waals surface area contributed by atoms with Gasteiger partial charge in [0, 0.05) is 10.9 Å². The summed E-state index contributed by atoms with van der Waals surface area (Å²) in [4.78, 5) is 0. The lowest BCUT2D eigenvalue weighted by Gasteiger charge is -2.00. The first-order chi connectivity index (χ1) is 6.75. The van der Waals surface area contributed by atoms with Gasteiger partial charge in [0.2, 0.25) is 0 Å². The molecule has 14 heavy (non-hydrogen) atoms. The standard InChI is InChI=1S/C8H6BrFN4/c9-7-4-6(10)2-1-5(7)3-8-11-13-14-12-8/h1-2,4H,3H2,(H,11,12,13,14). The molecular weight excluding hydrogens is 251 g/mol. The molecule has 0 amide bonds. The molecule has 2 aromatic rings. The number of H-pyrrole nitrogens is 1. The van der Waals surface area contributed by atoms with Crippen molar-refractivity contribution in [2.75, 3.05) is 0 Å². The van der Waals surface area contributed by atoms with Gasteiger partial charge in [-0.15, -0.1) is 10.2 Å². The van der Waals surface area contributed by atoms with Crippen molar-refractivity contribution in [3.8, 4) is 0 Å². The van der Waals surface area contributed by atoms with E-state index < -0.39 is 0 Å². The first kappa shape index (κ1) is 9.26. The number of nitrogens with zero attached hydrogens (tertiary/aromatic N) is 3. The highest BCUT2D eigenvalue weighted by Gasteiger charge is 2.05. The van der Waals surface area contributed by atoms with Crippen LogP contribution in [0.2, 0.25) is 0 Å². The van der Waals surface area contributed by atoms with Crippen LogP contribution in [0.5, 0.6) is 0 Å². The van der Waals surface area contributed by atoms with Crippen molar-refractivity contribution in [1.29, 1.82) is 0 Å². The Morgan fingerprint density at radius 2 is 2.29 bits per heavy atom. The van der Waals surface area contributed by atoms with Gasteiger partial charge < -0.3 is 0 Å². The monoisotopic (exact) mass is 256 g/mol. The summed E-state index contributed by atoms with van der Waals surface area (Å²) in [5.41, 5.74) is 0.924. The minimum absolute atomic E-state index is 0.270. The van der Waals surface area contributed by atoms with Crippen LogP contribution < -0.4 is 0 Å². The lowest BCUT2D eigenvalue weighted by Crippen LogP contribution is -1.93. The predicted molar refractivity (Wildman–Crippen MR) is 51.1 cm³/mol. The van der Waals surface area contributed by atoms with Crippen molar-refractivity contribution >= 4 is 15.9 Å². The normalized spacial score (nSPS) is 10.4. The van der Waals surface area contributed by atoms with Crippen molar-refractivity contribution < 1.29 is 4.39 Å². The maximum absolute atomic E-state index is 12.7. The molecule has 1 aromatic carbocycles. The highest BCUT2D eigenvalue weighted by molar-refractivity contribution is 9.10. The summed E-state index contributed by atoms with van der Waals surface area (Å²) in [6.45, 7) is 0. The Bertz CT molecular complexity index is 429. The molecule has 0 bridgehead atoms. The molecule has 0 spiro atoms. The molecule has 72 valence electrons. The van der Waals surface area contributed by atoms with Gasteiger partial charge in [0.05, 0.1) is 0 Å². The average molecular weight is 257 g/mol. The Morgan fingerprint density at radius 3 is 2.93 bits per heavy atom. The Morgan fingerprint density at radius 1 is 1.43 bits per heavy atom. The summed E-state index contributed by atoms with van der Waals surface area (Å²) in [7, 11) is 0. The second kappa shape index (κ2) is 3.83. The fourth-order valence-electron chi connectivity index (χ4n) is 1.09. The number of rotatable bonds is 2. The Balaban J connectivity index is 2.25. The molecule has 0 atom stereocenters. The fourth-order valence-corrected chi connectivity index (χ4v) is 1.58. The van der Waals surface area contributed by atoms with Gasteiger partial charge in [-0.25, -0.2) is 4.39 Å². The third-order valence-electron chi connectivity index (χ3n) is 1.75. The summed E-state index contributed by atoms with van der Waals surface area (Å²) < 4.78 is 13.5. The minimum Gasteiger partial charge on any atom is -0.207 e. The predicted octanol–water partition coefficient (Wildman–Crippen LogP) is 1.69. The van der Waals surface area contributed by atoms with Crippen LogP contribution in [0.4, 0.5) is 4.39 Å².